The predicted molar refractivity (Wildman–Crippen MR) is 120 cm³/mol. The van der Waals surface area contributed by atoms with Gasteiger partial charge < -0.3 is 24.4 Å². The largest absolute Gasteiger partial charge is 0.491 e. The quantitative estimate of drug-likeness (QED) is 0.519. The van der Waals surface area contributed by atoms with Gasteiger partial charge in [-0.15, -0.1) is 0 Å². The average molecular weight is 471 g/mol. The molecule has 1 aliphatic rings. The molecule has 1 aliphatic heterocycles. The number of carbonyl (C=O) groups is 1. The highest BCUT2D eigenvalue weighted by atomic mass is 19.1. The average Bonchev–Trinajstić information content (AvgIpc) is 2.85. The van der Waals surface area contributed by atoms with Gasteiger partial charge in [0.25, 0.3) is 0 Å². The van der Waals surface area contributed by atoms with E-state index in [-0.39, 0.29) is 23.9 Å². The van der Waals surface area contributed by atoms with Gasteiger partial charge in [0.05, 0.1) is 38.2 Å². The van der Waals surface area contributed by atoms with Crippen LogP contribution in [0.25, 0.3) is 11.3 Å². The number of carbonyl (C=O) groups excluding carboxylic acids is 1. The number of anilines is 3. The van der Waals surface area contributed by atoms with Crippen LogP contribution < -0.4 is 15.0 Å². The molecule has 1 fully saturated rings. The normalized spacial score (nSPS) is 13.5. The molecule has 1 saturated heterocycles. The van der Waals surface area contributed by atoms with E-state index >= 15 is 0 Å². The van der Waals surface area contributed by atoms with E-state index in [9.17, 15) is 13.6 Å². The van der Waals surface area contributed by atoms with Gasteiger partial charge in [0, 0.05) is 37.1 Å². The Balaban J connectivity index is 1.71. The monoisotopic (exact) mass is 471 g/mol. The van der Waals surface area contributed by atoms with Crippen molar-refractivity contribution < 1.29 is 27.8 Å². The Labute approximate surface area is 194 Å². The fraction of sp³-hybridized carbons (Fsp3) is 0.304. The minimum Gasteiger partial charge on any atom is -0.491 e. The van der Waals surface area contributed by atoms with Crippen molar-refractivity contribution in [3.63, 3.8) is 0 Å². The van der Waals surface area contributed by atoms with Crippen molar-refractivity contribution in [3.8, 4) is 17.0 Å². The van der Waals surface area contributed by atoms with Crippen molar-refractivity contribution in [3.05, 3.63) is 53.9 Å². The van der Waals surface area contributed by atoms with Gasteiger partial charge in [-0.3, -0.25) is 0 Å². The molecule has 1 N–H and O–H groups in total. The topological polar surface area (TPSA) is 98.7 Å². The molecule has 11 heteroatoms. The molecule has 0 unspecified atom stereocenters. The zero-order chi connectivity index (χ0) is 24.1. The number of benzene rings is 1. The van der Waals surface area contributed by atoms with Crippen LogP contribution in [0, 0.1) is 11.6 Å². The maximum absolute atomic E-state index is 14.1. The number of hydrogen-bond acceptors (Lipinski definition) is 9. The SMILES string of the molecule is CCOC(=O)c1cccc(-c2cnc(Nc3cc(F)c(OC)c(F)c3)nc2N2CCOCC2)n1. The Hall–Kier alpha value is -3.86. The van der Waals surface area contributed by atoms with Crippen molar-refractivity contribution in [2.24, 2.45) is 0 Å². The molecule has 3 heterocycles. The lowest BCUT2D eigenvalue weighted by molar-refractivity contribution is 0.0519. The molecule has 9 nitrogen and oxygen atoms in total. The van der Waals surface area contributed by atoms with Crippen LogP contribution in [-0.2, 0) is 9.47 Å². The lowest BCUT2D eigenvalue weighted by Crippen LogP contribution is -2.37. The fourth-order valence-corrected chi connectivity index (χ4v) is 3.49. The van der Waals surface area contributed by atoms with Crippen LogP contribution in [0.5, 0.6) is 5.75 Å². The number of halogens is 2. The molecule has 0 amide bonds. The van der Waals surface area contributed by atoms with Gasteiger partial charge in [-0.25, -0.2) is 23.5 Å². The van der Waals surface area contributed by atoms with Crippen molar-refractivity contribution in [2.45, 2.75) is 6.92 Å². The first-order valence-electron chi connectivity index (χ1n) is 10.6. The van der Waals surface area contributed by atoms with Crippen LogP contribution in [0.3, 0.4) is 0 Å². The zero-order valence-electron chi connectivity index (χ0n) is 18.7. The summed E-state index contributed by atoms with van der Waals surface area (Å²) in [7, 11) is 1.19. The molecule has 0 bridgehead atoms. The standard InChI is InChI=1S/C23H23F2N5O4/c1-3-34-22(31)19-6-4-5-18(28-19)15-13-26-23(29-21(15)30-7-9-33-10-8-30)27-14-11-16(24)20(32-2)17(25)12-14/h4-6,11-13H,3,7-10H2,1-2H3,(H,26,27,29). The van der Waals surface area contributed by atoms with Crippen LogP contribution in [0.2, 0.25) is 0 Å². The maximum atomic E-state index is 14.1. The highest BCUT2D eigenvalue weighted by Gasteiger charge is 2.21. The number of nitrogens with one attached hydrogen (secondary N) is 1. The third-order valence-corrected chi connectivity index (χ3v) is 5.05. The number of rotatable bonds is 7. The van der Waals surface area contributed by atoms with Crippen molar-refractivity contribution in [1.29, 1.82) is 0 Å². The number of nitrogens with zero attached hydrogens (tertiary/aromatic N) is 4. The molecule has 178 valence electrons. The van der Waals surface area contributed by atoms with Crippen molar-refractivity contribution in [1.82, 2.24) is 15.0 Å². The summed E-state index contributed by atoms with van der Waals surface area (Å²) in [5.74, 6) is -2.02. The third kappa shape index (κ3) is 5.04. The summed E-state index contributed by atoms with van der Waals surface area (Å²) in [6, 6.07) is 7.20. The van der Waals surface area contributed by atoms with Crippen LogP contribution >= 0.6 is 0 Å². The van der Waals surface area contributed by atoms with Crippen LogP contribution in [0.1, 0.15) is 17.4 Å². The molecule has 0 radical (unpaired) electrons. The number of aromatic nitrogens is 3. The number of hydrogen-bond donors (Lipinski definition) is 1. The maximum Gasteiger partial charge on any atom is 0.356 e. The van der Waals surface area contributed by atoms with Crippen molar-refractivity contribution >= 4 is 23.4 Å². The minimum absolute atomic E-state index is 0.124. The van der Waals surface area contributed by atoms with E-state index in [4.69, 9.17) is 14.2 Å². The molecular formula is C23H23F2N5O4. The molecule has 1 aromatic carbocycles. The summed E-state index contributed by atoms with van der Waals surface area (Å²) in [5.41, 5.74) is 1.36. The number of methoxy groups -OCH3 is 1. The van der Waals surface area contributed by atoms with E-state index in [1.807, 2.05) is 4.90 Å². The second-order valence-electron chi connectivity index (χ2n) is 7.26. The van der Waals surface area contributed by atoms with E-state index in [0.29, 0.717) is 43.4 Å². The first kappa shape index (κ1) is 23.3. The zero-order valence-corrected chi connectivity index (χ0v) is 18.7. The highest BCUT2D eigenvalue weighted by molar-refractivity contribution is 5.88. The molecule has 3 aromatic rings. The van der Waals surface area contributed by atoms with Gasteiger partial charge in [0.2, 0.25) is 5.95 Å². The second kappa shape index (κ2) is 10.4. The van der Waals surface area contributed by atoms with E-state index in [2.05, 4.69) is 20.3 Å². The van der Waals surface area contributed by atoms with Crippen LogP contribution in [-0.4, -0.2) is 60.9 Å². The molecule has 2 aromatic heterocycles. The number of esters is 1. The van der Waals surface area contributed by atoms with Crippen LogP contribution in [0.15, 0.2) is 36.5 Å². The minimum atomic E-state index is -0.852. The van der Waals surface area contributed by atoms with E-state index in [1.54, 1.807) is 31.3 Å². The van der Waals surface area contributed by atoms with Gasteiger partial charge in [-0.1, -0.05) is 6.07 Å². The second-order valence-corrected chi connectivity index (χ2v) is 7.26. The predicted octanol–water partition coefficient (Wildman–Crippen LogP) is 3.58. The molecule has 0 saturated carbocycles. The first-order chi connectivity index (χ1) is 16.5. The van der Waals surface area contributed by atoms with Gasteiger partial charge in [0.15, 0.2) is 17.4 Å². The van der Waals surface area contributed by atoms with Gasteiger partial charge in [0.1, 0.15) is 11.5 Å². The van der Waals surface area contributed by atoms with E-state index in [1.165, 1.54) is 7.11 Å². The summed E-state index contributed by atoms with van der Waals surface area (Å²) in [6.45, 7) is 4.13. The molecule has 0 atom stereocenters. The highest BCUT2D eigenvalue weighted by Crippen LogP contribution is 2.31. The summed E-state index contributed by atoms with van der Waals surface area (Å²) < 4.78 is 43.4. The molecule has 34 heavy (non-hydrogen) atoms. The Morgan fingerprint density at radius 2 is 1.91 bits per heavy atom. The first-order valence-corrected chi connectivity index (χ1v) is 10.6. The molecule has 0 aliphatic carbocycles. The van der Waals surface area contributed by atoms with Gasteiger partial charge >= 0.3 is 5.97 Å². The Kier molecular flexibility index (Phi) is 7.12. The third-order valence-electron chi connectivity index (χ3n) is 5.05. The smallest absolute Gasteiger partial charge is 0.356 e. The molecule has 0 spiro atoms. The lowest BCUT2D eigenvalue weighted by atomic mass is 10.1. The van der Waals surface area contributed by atoms with Crippen LogP contribution in [0.4, 0.5) is 26.2 Å². The summed E-state index contributed by atoms with van der Waals surface area (Å²) >= 11 is 0. The number of pyridine rings is 1. The lowest BCUT2D eigenvalue weighted by Gasteiger charge is -2.29. The molecular weight excluding hydrogens is 448 g/mol. The van der Waals surface area contributed by atoms with Crippen molar-refractivity contribution in [2.75, 3.05) is 50.2 Å². The Bertz CT molecular complexity index is 1160. The van der Waals surface area contributed by atoms with Gasteiger partial charge in [-0.2, -0.15) is 4.98 Å². The Morgan fingerprint density at radius 1 is 1.18 bits per heavy atom. The number of morpholine rings is 1. The summed E-state index contributed by atoms with van der Waals surface area (Å²) in [6.07, 6.45) is 1.55. The summed E-state index contributed by atoms with van der Waals surface area (Å²) in [4.78, 5) is 27.5. The molecule has 4 rings (SSSR count). The van der Waals surface area contributed by atoms with E-state index < -0.39 is 23.4 Å². The summed E-state index contributed by atoms with van der Waals surface area (Å²) in [5, 5.41) is 2.83. The number of ether oxygens (including phenoxy) is 3. The van der Waals surface area contributed by atoms with E-state index in [0.717, 1.165) is 12.1 Å². The Morgan fingerprint density at radius 3 is 2.59 bits per heavy atom. The van der Waals surface area contributed by atoms with Gasteiger partial charge in [-0.05, 0) is 19.1 Å². The fourth-order valence-electron chi connectivity index (χ4n) is 3.49.